The van der Waals surface area contributed by atoms with Crippen molar-refractivity contribution in [3.05, 3.63) is 41.9 Å². The molecule has 106 valence electrons. The summed E-state index contributed by atoms with van der Waals surface area (Å²) in [6.45, 7) is 0. The molecule has 0 aromatic carbocycles. The maximum atomic E-state index is 5.92. The Morgan fingerprint density at radius 1 is 1.14 bits per heavy atom. The molecule has 6 nitrogen and oxygen atoms in total. The van der Waals surface area contributed by atoms with Gasteiger partial charge in [-0.05, 0) is 25.0 Å². The quantitative estimate of drug-likeness (QED) is 0.799. The van der Waals surface area contributed by atoms with Crippen molar-refractivity contribution in [3.8, 4) is 16.5 Å². The van der Waals surface area contributed by atoms with Gasteiger partial charge in [-0.15, -0.1) is 21.5 Å². The van der Waals surface area contributed by atoms with Gasteiger partial charge in [-0.2, -0.15) is 0 Å². The first-order chi connectivity index (χ1) is 10.3. The molecule has 0 bridgehead atoms. The first kappa shape index (κ1) is 12.6. The molecule has 0 saturated heterocycles. The van der Waals surface area contributed by atoms with E-state index in [9.17, 15) is 0 Å². The van der Waals surface area contributed by atoms with E-state index in [1.54, 1.807) is 29.9 Å². The minimum atomic E-state index is 0.279. The van der Waals surface area contributed by atoms with E-state index in [0.29, 0.717) is 5.92 Å². The fourth-order valence-electron chi connectivity index (χ4n) is 2.65. The third-order valence-electron chi connectivity index (χ3n) is 3.77. The zero-order chi connectivity index (χ0) is 14.2. The Morgan fingerprint density at radius 3 is 2.62 bits per heavy atom. The third kappa shape index (κ3) is 2.14. The van der Waals surface area contributed by atoms with E-state index in [1.165, 1.54) is 0 Å². The molecular weight excluding hydrogens is 284 g/mol. The largest absolute Gasteiger partial charge is 0.328 e. The Labute approximate surface area is 125 Å². The predicted molar refractivity (Wildman–Crippen MR) is 80.2 cm³/mol. The Morgan fingerprint density at radius 2 is 1.95 bits per heavy atom. The van der Waals surface area contributed by atoms with Gasteiger partial charge in [-0.1, -0.05) is 0 Å². The smallest absolute Gasteiger partial charge is 0.197 e. The van der Waals surface area contributed by atoms with Crippen molar-refractivity contribution in [2.24, 2.45) is 5.73 Å². The van der Waals surface area contributed by atoms with Crippen LogP contribution in [0, 0.1) is 0 Å². The van der Waals surface area contributed by atoms with E-state index < -0.39 is 0 Å². The fraction of sp³-hybridized carbons (Fsp3) is 0.286. The average molecular weight is 298 g/mol. The molecule has 1 aliphatic rings. The van der Waals surface area contributed by atoms with Crippen molar-refractivity contribution < 1.29 is 0 Å². The Hall–Kier alpha value is -2.12. The van der Waals surface area contributed by atoms with Crippen LogP contribution in [0.2, 0.25) is 0 Å². The SMILES string of the molecule is NC1CC(c2nnc(-c3nccs3)n2-c2ccncc2)C1. The molecule has 7 heteroatoms. The molecule has 0 atom stereocenters. The molecule has 4 rings (SSSR count). The maximum absolute atomic E-state index is 5.92. The lowest BCUT2D eigenvalue weighted by Crippen LogP contribution is -2.36. The minimum Gasteiger partial charge on any atom is -0.328 e. The van der Waals surface area contributed by atoms with Crippen LogP contribution in [-0.4, -0.2) is 30.8 Å². The molecule has 3 aromatic heterocycles. The Balaban J connectivity index is 1.85. The summed E-state index contributed by atoms with van der Waals surface area (Å²) >= 11 is 1.56. The summed E-state index contributed by atoms with van der Waals surface area (Å²) in [7, 11) is 0. The second-order valence-electron chi connectivity index (χ2n) is 5.19. The molecule has 0 amide bonds. The molecule has 2 N–H and O–H groups in total. The number of nitrogens with two attached hydrogens (primary N) is 1. The lowest BCUT2D eigenvalue weighted by molar-refractivity contribution is 0.335. The van der Waals surface area contributed by atoms with Crippen LogP contribution >= 0.6 is 11.3 Å². The summed E-state index contributed by atoms with van der Waals surface area (Å²) in [5.74, 6) is 2.12. The van der Waals surface area contributed by atoms with Crippen LogP contribution in [0.5, 0.6) is 0 Å². The van der Waals surface area contributed by atoms with Crippen molar-refractivity contribution in [1.82, 2.24) is 24.7 Å². The summed E-state index contributed by atoms with van der Waals surface area (Å²) in [5.41, 5.74) is 6.93. The zero-order valence-corrected chi connectivity index (χ0v) is 12.1. The highest BCUT2D eigenvalue weighted by Gasteiger charge is 2.33. The lowest BCUT2D eigenvalue weighted by Gasteiger charge is -2.31. The van der Waals surface area contributed by atoms with Gasteiger partial charge in [0.1, 0.15) is 5.82 Å². The van der Waals surface area contributed by atoms with Crippen LogP contribution in [0.1, 0.15) is 24.6 Å². The van der Waals surface area contributed by atoms with Crippen LogP contribution in [0.25, 0.3) is 16.5 Å². The first-order valence-electron chi connectivity index (χ1n) is 6.84. The van der Waals surface area contributed by atoms with Gasteiger partial charge in [0.2, 0.25) is 0 Å². The molecule has 3 heterocycles. The van der Waals surface area contributed by atoms with Crippen molar-refractivity contribution in [2.75, 3.05) is 0 Å². The summed E-state index contributed by atoms with van der Waals surface area (Å²) in [5, 5.41) is 11.6. The molecule has 1 aliphatic carbocycles. The van der Waals surface area contributed by atoms with E-state index in [2.05, 4.69) is 24.7 Å². The molecule has 0 spiro atoms. The number of aromatic nitrogens is 5. The van der Waals surface area contributed by atoms with Crippen molar-refractivity contribution in [2.45, 2.75) is 24.8 Å². The van der Waals surface area contributed by atoms with Crippen LogP contribution in [0.4, 0.5) is 0 Å². The van der Waals surface area contributed by atoms with Crippen molar-refractivity contribution in [1.29, 1.82) is 0 Å². The molecule has 0 radical (unpaired) electrons. The highest BCUT2D eigenvalue weighted by atomic mass is 32.1. The Bertz CT molecular complexity index is 730. The highest BCUT2D eigenvalue weighted by molar-refractivity contribution is 7.13. The summed E-state index contributed by atoms with van der Waals surface area (Å²) in [6, 6.07) is 4.20. The van der Waals surface area contributed by atoms with E-state index in [1.807, 2.05) is 17.5 Å². The fourth-order valence-corrected chi connectivity index (χ4v) is 3.26. The second kappa shape index (κ2) is 5.01. The molecule has 1 fully saturated rings. The van der Waals surface area contributed by atoms with Gasteiger partial charge in [0, 0.05) is 35.9 Å². The third-order valence-corrected chi connectivity index (χ3v) is 4.54. The molecule has 0 aliphatic heterocycles. The van der Waals surface area contributed by atoms with Gasteiger partial charge >= 0.3 is 0 Å². The Kier molecular flexibility index (Phi) is 3.01. The maximum Gasteiger partial charge on any atom is 0.197 e. The minimum absolute atomic E-state index is 0.279. The van der Waals surface area contributed by atoms with E-state index in [-0.39, 0.29) is 6.04 Å². The molecular formula is C14H14N6S. The number of rotatable bonds is 3. The van der Waals surface area contributed by atoms with Gasteiger partial charge in [0.15, 0.2) is 10.8 Å². The predicted octanol–water partition coefficient (Wildman–Crippen LogP) is 1.99. The number of hydrogen-bond acceptors (Lipinski definition) is 6. The van der Waals surface area contributed by atoms with Crippen LogP contribution in [-0.2, 0) is 0 Å². The second-order valence-corrected chi connectivity index (χ2v) is 6.08. The highest BCUT2D eigenvalue weighted by Crippen LogP contribution is 2.37. The van der Waals surface area contributed by atoms with E-state index in [0.717, 1.165) is 35.2 Å². The summed E-state index contributed by atoms with van der Waals surface area (Å²) in [6.07, 6.45) is 7.25. The lowest BCUT2D eigenvalue weighted by atomic mass is 9.80. The number of hydrogen-bond donors (Lipinski definition) is 1. The van der Waals surface area contributed by atoms with Gasteiger partial charge in [0.25, 0.3) is 0 Å². The summed E-state index contributed by atoms with van der Waals surface area (Å²) in [4.78, 5) is 8.44. The molecule has 0 unspecified atom stereocenters. The van der Waals surface area contributed by atoms with Gasteiger partial charge in [-0.3, -0.25) is 9.55 Å². The standard InChI is InChI=1S/C14H14N6S/c15-10-7-9(8-10)12-18-19-13(14-17-5-6-21-14)20(12)11-1-3-16-4-2-11/h1-6,9-10H,7-8,15H2. The van der Waals surface area contributed by atoms with E-state index in [4.69, 9.17) is 5.73 Å². The molecule has 1 saturated carbocycles. The van der Waals surface area contributed by atoms with Crippen LogP contribution < -0.4 is 5.73 Å². The number of nitrogens with zero attached hydrogens (tertiary/aromatic N) is 5. The number of thiazole rings is 1. The van der Waals surface area contributed by atoms with Crippen LogP contribution in [0.15, 0.2) is 36.1 Å². The van der Waals surface area contributed by atoms with Gasteiger partial charge in [-0.25, -0.2) is 4.98 Å². The number of pyridine rings is 1. The zero-order valence-electron chi connectivity index (χ0n) is 11.3. The topological polar surface area (TPSA) is 82.5 Å². The molecule has 21 heavy (non-hydrogen) atoms. The van der Waals surface area contributed by atoms with Gasteiger partial charge in [0.05, 0.1) is 5.69 Å². The normalized spacial score (nSPS) is 21.2. The van der Waals surface area contributed by atoms with E-state index >= 15 is 0 Å². The first-order valence-corrected chi connectivity index (χ1v) is 7.72. The summed E-state index contributed by atoms with van der Waals surface area (Å²) < 4.78 is 2.08. The average Bonchev–Trinajstić information content (AvgIpc) is 3.13. The molecule has 3 aromatic rings. The monoisotopic (exact) mass is 298 g/mol. The van der Waals surface area contributed by atoms with Crippen molar-refractivity contribution in [3.63, 3.8) is 0 Å². The van der Waals surface area contributed by atoms with Crippen LogP contribution in [0.3, 0.4) is 0 Å². The van der Waals surface area contributed by atoms with Gasteiger partial charge < -0.3 is 5.73 Å². The van der Waals surface area contributed by atoms with Crippen molar-refractivity contribution >= 4 is 11.3 Å².